The highest BCUT2D eigenvalue weighted by molar-refractivity contribution is 5.60. The van der Waals surface area contributed by atoms with Gasteiger partial charge in [0.25, 0.3) is 0 Å². The third-order valence-electron chi connectivity index (χ3n) is 3.26. The lowest BCUT2D eigenvalue weighted by Crippen LogP contribution is -2.02. The standard InChI is InChI=1S/C17H18N2O/c1-3-13-4-6-14(7-5-13)12-19-17-10-16(20-2)9-8-15(17)11-18/h4-10,19H,3,12H2,1-2H3. The fourth-order valence-corrected chi connectivity index (χ4v) is 1.98. The molecule has 0 unspecified atom stereocenters. The van der Waals surface area contributed by atoms with Crippen molar-refractivity contribution < 1.29 is 4.74 Å². The highest BCUT2D eigenvalue weighted by Crippen LogP contribution is 2.22. The van der Waals surface area contributed by atoms with Crippen LogP contribution in [-0.4, -0.2) is 7.11 Å². The Labute approximate surface area is 119 Å². The topological polar surface area (TPSA) is 45.0 Å². The number of aryl methyl sites for hydroxylation is 1. The highest BCUT2D eigenvalue weighted by Gasteiger charge is 2.04. The minimum atomic E-state index is 0.621. The second kappa shape index (κ2) is 6.63. The van der Waals surface area contributed by atoms with Crippen molar-refractivity contribution in [2.75, 3.05) is 12.4 Å². The van der Waals surface area contributed by atoms with Gasteiger partial charge in [-0.05, 0) is 29.7 Å². The van der Waals surface area contributed by atoms with Gasteiger partial charge in [-0.15, -0.1) is 0 Å². The molecule has 102 valence electrons. The van der Waals surface area contributed by atoms with Crippen molar-refractivity contribution in [3.8, 4) is 11.8 Å². The summed E-state index contributed by atoms with van der Waals surface area (Å²) in [4.78, 5) is 0. The first-order valence-corrected chi connectivity index (χ1v) is 6.66. The lowest BCUT2D eigenvalue weighted by molar-refractivity contribution is 0.415. The number of anilines is 1. The van der Waals surface area contributed by atoms with Crippen molar-refractivity contribution in [1.29, 1.82) is 5.26 Å². The van der Waals surface area contributed by atoms with Crippen LogP contribution in [0.3, 0.4) is 0 Å². The van der Waals surface area contributed by atoms with Gasteiger partial charge in [0.2, 0.25) is 0 Å². The van der Waals surface area contributed by atoms with Crippen molar-refractivity contribution in [2.24, 2.45) is 0 Å². The number of rotatable bonds is 5. The average molecular weight is 266 g/mol. The molecule has 0 aliphatic rings. The molecule has 0 atom stereocenters. The summed E-state index contributed by atoms with van der Waals surface area (Å²) in [6, 6.07) is 16.1. The maximum absolute atomic E-state index is 9.12. The molecule has 0 radical (unpaired) electrons. The first-order chi connectivity index (χ1) is 9.76. The van der Waals surface area contributed by atoms with Gasteiger partial charge < -0.3 is 10.1 Å². The Bertz CT molecular complexity index is 612. The monoisotopic (exact) mass is 266 g/mol. The van der Waals surface area contributed by atoms with Crippen LogP contribution in [0.2, 0.25) is 0 Å². The summed E-state index contributed by atoms with van der Waals surface area (Å²) in [5.74, 6) is 0.743. The summed E-state index contributed by atoms with van der Waals surface area (Å²) in [5, 5.41) is 12.4. The van der Waals surface area contributed by atoms with Crippen LogP contribution in [0.5, 0.6) is 5.75 Å². The lowest BCUT2D eigenvalue weighted by atomic mass is 10.1. The van der Waals surface area contributed by atoms with E-state index in [1.54, 1.807) is 19.2 Å². The molecule has 2 aromatic carbocycles. The number of nitrogens with zero attached hydrogens (tertiary/aromatic N) is 1. The third-order valence-corrected chi connectivity index (χ3v) is 3.26. The quantitative estimate of drug-likeness (QED) is 0.896. The van der Waals surface area contributed by atoms with Gasteiger partial charge in [0.05, 0.1) is 18.4 Å². The molecule has 0 spiro atoms. The van der Waals surface area contributed by atoms with Crippen LogP contribution in [-0.2, 0) is 13.0 Å². The van der Waals surface area contributed by atoms with E-state index < -0.39 is 0 Å². The second-order valence-corrected chi connectivity index (χ2v) is 4.55. The molecule has 2 rings (SSSR count). The lowest BCUT2D eigenvalue weighted by Gasteiger charge is -2.10. The van der Waals surface area contributed by atoms with Crippen LogP contribution in [0.15, 0.2) is 42.5 Å². The fraction of sp³-hybridized carbons (Fsp3) is 0.235. The Hall–Kier alpha value is -2.47. The van der Waals surface area contributed by atoms with Crippen LogP contribution in [0.4, 0.5) is 5.69 Å². The van der Waals surface area contributed by atoms with Gasteiger partial charge in [-0.2, -0.15) is 5.26 Å². The largest absolute Gasteiger partial charge is 0.497 e. The number of hydrogen-bond donors (Lipinski definition) is 1. The van der Waals surface area contributed by atoms with Gasteiger partial charge >= 0.3 is 0 Å². The van der Waals surface area contributed by atoms with Crippen LogP contribution < -0.4 is 10.1 Å². The Morgan fingerprint density at radius 1 is 1.10 bits per heavy atom. The fourth-order valence-electron chi connectivity index (χ4n) is 1.98. The first-order valence-electron chi connectivity index (χ1n) is 6.66. The van der Waals surface area contributed by atoms with E-state index in [4.69, 9.17) is 10.00 Å². The molecule has 0 saturated carbocycles. The Balaban J connectivity index is 2.11. The molecule has 3 heteroatoms. The number of methoxy groups -OCH3 is 1. The van der Waals surface area contributed by atoms with E-state index in [0.29, 0.717) is 12.1 Å². The summed E-state index contributed by atoms with van der Waals surface area (Å²) in [6.07, 6.45) is 1.04. The van der Waals surface area contributed by atoms with E-state index >= 15 is 0 Å². The predicted octanol–water partition coefficient (Wildman–Crippen LogP) is 3.74. The summed E-state index contributed by atoms with van der Waals surface area (Å²) >= 11 is 0. The Kier molecular flexibility index (Phi) is 4.62. The van der Waals surface area contributed by atoms with Gasteiger partial charge in [0.1, 0.15) is 11.8 Å². The maximum atomic E-state index is 9.12. The molecule has 0 saturated heterocycles. The van der Waals surface area contributed by atoms with E-state index in [2.05, 4.69) is 42.6 Å². The molecule has 1 N–H and O–H groups in total. The SMILES string of the molecule is CCc1ccc(CNc2cc(OC)ccc2C#N)cc1. The van der Waals surface area contributed by atoms with Crippen LogP contribution >= 0.6 is 0 Å². The molecular formula is C17H18N2O. The third kappa shape index (κ3) is 3.30. The summed E-state index contributed by atoms with van der Waals surface area (Å²) in [5.41, 5.74) is 3.93. The average Bonchev–Trinajstić information content (AvgIpc) is 2.53. The Morgan fingerprint density at radius 3 is 2.40 bits per heavy atom. The van der Waals surface area contributed by atoms with E-state index in [1.165, 1.54) is 11.1 Å². The summed E-state index contributed by atoms with van der Waals surface area (Å²) < 4.78 is 5.19. The number of hydrogen-bond acceptors (Lipinski definition) is 3. The van der Waals surface area contributed by atoms with Gasteiger partial charge in [0, 0.05) is 12.6 Å². The van der Waals surface area contributed by atoms with E-state index in [0.717, 1.165) is 17.9 Å². The molecule has 3 nitrogen and oxygen atoms in total. The molecule has 0 aliphatic carbocycles. The van der Waals surface area contributed by atoms with Gasteiger partial charge in [-0.1, -0.05) is 31.2 Å². The van der Waals surface area contributed by atoms with Crippen molar-refractivity contribution in [1.82, 2.24) is 0 Å². The van der Waals surface area contributed by atoms with Crippen molar-refractivity contribution in [3.63, 3.8) is 0 Å². The van der Waals surface area contributed by atoms with Crippen LogP contribution in [0.25, 0.3) is 0 Å². The molecule has 0 amide bonds. The van der Waals surface area contributed by atoms with Crippen LogP contribution in [0.1, 0.15) is 23.6 Å². The number of nitriles is 1. The van der Waals surface area contributed by atoms with Gasteiger partial charge in [-0.3, -0.25) is 0 Å². The molecule has 0 heterocycles. The molecule has 2 aromatic rings. The summed E-state index contributed by atoms with van der Waals surface area (Å²) in [7, 11) is 1.62. The molecule has 20 heavy (non-hydrogen) atoms. The van der Waals surface area contributed by atoms with Gasteiger partial charge in [-0.25, -0.2) is 0 Å². The van der Waals surface area contributed by atoms with E-state index in [1.807, 2.05) is 6.07 Å². The van der Waals surface area contributed by atoms with Gasteiger partial charge in [0.15, 0.2) is 0 Å². The zero-order valence-corrected chi connectivity index (χ0v) is 11.8. The predicted molar refractivity (Wildman–Crippen MR) is 80.9 cm³/mol. The molecule has 0 fully saturated rings. The maximum Gasteiger partial charge on any atom is 0.121 e. The zero-order chi connectivity index (χ0) is 14.4. The Morgan fingerprint density at radius 2 is 1.80 bits per heavy atom. The second-order valence-electron chi connectivity index (χ2n) is 4.55. The van der Waals surface area contributed by atoms with Crippen molar-refractivity contribution >= 4 is 5.69 Å². The summed E-state index contributed by atoms with van der Waals surface area (Å²) in [6.45, 7) is 2.83. The zero-order valence-electron chi connectivity index (χ0n) is 11.8. The number of nitrogens with one attached hydrogen (secondary N) is 1. The molecule has 0 aliphatic heterocycles. The van der Waals surface area contributed by atoms with E-state index in [-0.39, 0.29) is 0 Å². The smallest absolute Gasteiger partial charge is 0.121 e. The minimum Gasteiger partial charge on any atom is -0.497 e. The molecular weight excluding hydrogens is 248 g/mol. The molecule has 0 aromatic heterocycles. The molecule has 0 bridgehead atoms. The minimum absolute atomic E-state index is 0.621. The first kappa shape index (κ1) is 14.0. The van der Waals surface area contributed by atoms with E-state index in [9.17, 15) is 0 Å². The normalized spacial score (nSPS) is 9.85. The van der Waals surface area contributed by atoms with Crippen molar-refractivity contribution in [2.45, 2.75) is 19.9 Å². The number of benzene rings is 2. The number of ether oxygens (including phenoxy) is 1. The van der Waals surface area contributed by atoms with Crippen molar-refractivity contribution in [3.05, 3.63) is 59.2 Å². The van der Waals surface area contributed by atoms with Crippen LogP contribution in [0, 0.1) is 11.3 Å². The highest BCUT2D eigenvalue weighted by atomic mass is 16.5.